The first kappa shape index (κ1) is 12.1. The quantitative estimate of drug-likeness (QED) is 0.715. The van der Waals surface area contributed by atoms with Crippen molar-refractivity contribution in [2.45, 2.75) is 0 Å². The van der Waals surface area contributed by atoms with Gasteiger partial charge in [-0.3, -0.25) is 0 Å². The molecule has 0 bridgehead atoms. The number of benzene rings is 1. The molecule has 0 amide bonds. The molecule has 0 fully saturated rings. The van der Waals surface area contributed by atoms with E-state index in [-0.39, 0.29) is 0 Å². The number of fused-ring (bicyclic) bond motifs is 1. The first-order valence-electron chi connectivity index (χ1n) is 5.98. The van der Waals surface area contributed by atoms with Crippen LogP contribution in [0.3, 0.4) is 0 Å². The maximum atomic E-state index is 6.24. The number of anilines is 1. The van der Waals surface area contributed by atoms with E-state index in [1.807, 2.05) is 45.2 Å². The van der Waals surface area contributed by atoms with Gasteiger partial charge in [0.1, 0.15) is 13.7 Å². The molecule has 0 atom stereocenters. The third-order valence-electron chi connectivity index (χ3n) is 3.05. The molecule has 0 unspecified atom stereocenters. The molecule has 3 aromatic rings. The summed E-state index contributed by atoms with van der Waals surface area (Å²) in [5.74, 6) is 0.882. The summed E-state index contributed by atoms with van der Waals surface area (Å²) in [6, 6.07) is 9.64. The number of rotatable bonds is 2. The second-order valence-electron chi connectivity index (χ2n) is 4.32. The monoisotopic (exact) mass is 270 g/mol. The smallest absolute Gasteiger partial charge is 0.151 e. The third-order valence-corrected chi connectivity index (χ3v) is 3.38. The van der Waals surface area contributed by atoms with Crippen molar-refractivity contribution in [1.82, 2.24) is 14.6 Å². The lowest BCUT2D eigenvalue weighted by molar-refractivity contribution is 0.945. The molecule has 4 nitrogen and oxygen atoms in total. The van der Waals surface area contributed by atoms with Crippen LogP contribution in [0.2, 0.25) is 5.02 Å². The molecule has 0 saturated heterocycles. The van der Waals surface area contributed by atoms with Crippen LogP contribution in [0.4, 0.5) is 5.82 Å². The molecule has 1 aromatic carbocycles. The molecular weight excluding hydrogens is 258 g/mol. The number of hydrogen-bond acceptors (Lipinski definition) is 3. The minimum atomic E-state index is 0.693. The Morgan fingerprint density at radius 3 is 2.84 bits per heavy atom. The maximum absolute atomic E-state index is 6.24. The minimum absolute atomic E-state index is 0.693. The van der Waals surface area contributed by atoms with E-state index < -0.39 is 0 Å². The Kier molecular flexibility index (Phi) is 2.91. The van der Waals surface area contributed by atoms with Gasteiger partial charge < -0.3 is 5.32 Å². The van der Waals surface area contributed by atoms with E-state index in [1.54, 1.807) is 10.7 Å². The van der Waals surface area contributed by atoms with Gasteiger partial charge in [0.25, 0.3) is 0 Å². The zero-order valence-electron chi connectivity index (χ0n) is 10.7. The predicted octanol–water partition coefficient (Wildman–Crippen LogP) is 1.35. The van der Waals surface area contributed by atoms with E-state index >= 15 is 0 Å². The summed E-state index contributed by atoms with van der Waals surface area (Å²) in [4.78, 5) is 4.65. The van der Waals surface area contributed by atoms with Gasteiger partial charge >= 0.3 is 0 Å². The predicted molar refractivity (Wildman–Crippen MR) is 81.2 cm³/mol. The number of hydrogen-bond donors (Lipinski definition) is 1. The minimum Gasteiger partial charge on any atom is -0.373 e. The normalized spacial score (nSPS) is 10.8. The fourth-order valence-corrected chi connectivity index (χ4v) is 2.29. The van der Waals surface area contributed by atoms with Crippen molar-refractivity contribution in [3.05, 3.63) is 41.6 Å². The van der Waals surface area contributed by atoms with E-state index in [1.165, 1.54) is 0 Å². The van der Waals surface area contributed by atoms with E-state index in [0.717, 1.165) is 28.2 Å². The first-order chi connectivity index (χ1) is 9.20. The number of halogens is 1. The Morgan fingerprint density at radius 1 is 1.32 bits per heavy atom. The van der Waals surface area contributed by atoms with Crippen LogP contribution >= 0.6 is 11.6 Å². The summed E-state index contributed by atoms with van der Waals surface area (Å²) in [7, 11) is 3.85. The third kappa shape index (κ3) is 1.96. The molecular formula is C13H12BClN4. The first-order valence-corrected chi connectivity index (χ1v) is 6.36. The van der Waals surface area contributed by atoms with Gasteiger partial charge in [-0.2, -0.15) is 9.61 Å². The Balaban J connectivity index is 2.30. The summed E-state index contributed by atoms with van der Waals surface area (Å²) in [6.45, 7) is 0. The summed E-state index contributed by atoms with van der Waals surface area (Å²) >= 11 is 6.24. The van der Waals surface area contributed by atoms with Crippen LogP contribution in [0.5, 0.6) is 0 Å². The molecule has 0 spiro atoms. The molecule has 6 heteroatoms. The van der Waals surface area contributed by atoms with E-state index in [2.05, 4.69) is 15.4 Å². The molecule has 2 aromatic heterocycles. The Morgan fingerprint density at radius 2 is 2.11 bits per heavy atom. The lowest BCUT2D eigenvalue weighted by Gasteiger charge is -2.09. The topological polar surface area (TPSA) is 42.2 Å². The van der Waals surface area contributed by atoms with Crippen molar-refractivity contribution in [3.8, 4) is 11.3 Å². The average molecular weight is 271 g/mol. The fourth-order valence-electron chi connectivity index (χ4n) is 2.06. The molecule has 0 aliphatic heterocycles. The fraction of sp³-hybridized carbons (Fsp3) is 0.0769. The van der Waals surface area contributed by atoms with Gasteiger partial charge in [0.15, 0.2) is 5.65 Å². The van der Waals surface area contributed by atoms with Crippen LogP contribution in [0.25, 0.3) is 16.9 Å². The van der Waals surface area contributed by atoms with Gasteiger partial charge in [-0.25, -0.2) is 4.98 Å². The largest absolute Gasteiger partial charge is 0.373 e. The highest BCUT2D eigenvalue weighted by Crippen LogP contribution is 2.27. The summed E-state index contributed by atoms with van der Waals surface area (Å²) < 4.78 is 1.79. The number of aromatic nitrogens is 3. The van der Waals surface area contributed by atoms with Crippen LogP contribution < -0.4 is 10.8 Å². The number of nitrogens with zero attached hydrogens (tertiary/aromatic N) is 3. The molecule has 94 valence electrons. The Hall–Kier alpha value is -2.01. The van der Waals surface area contributed by atoms with Crippen molar-refractivity contribution in [2.75, 3.05) is 12.4 Å². The Labute approximate surface area is 116 Å². The van der Waals surface area contributed by atoms with Crippen molar-refractivity contribution in [2.24, 2.45) is 0 Å². The molecule has 3 rings (SSSR count). The van der Waals surface area contributed by atoms with Gasteiger partial charge in [-0.05, 0) is 11.5 Å². The summed E-state index contributed by atoms with van der Waals surface area (Å²) in [5, 5.41) is 8.13. The molecule has 0 saturated carbocycles. The molecule has 1 N–H and O–H groups in total. The van der Waals surface area contributed by atoms with Crippen LogP contribution in [-0.4, -0.2) is 29.5 Å². The molecule has 0 aliphatic carbocycles. The zero-order valence-corrected chi connectivity index (χ0v) is 11.4. The summed E-state index contributed by atoms with van der Waals surface area (Å²) in [5.41, 5.74) is 3.63. The number of nitrogens with one attached hydrogen (secondary N) is 1. The van der Waals surface area contributed by atoms with Crippen LogP contribution in [0.1, 0.15) is 0 Å². The molecule has 0 radical (unpaired) electrons. The van der Waals surface area contributed by atoms with Crippen LogP contribution in [0, 0.1) is 0 Å². The molecule has 0 aliphatic rings. The van der Waals surface area contributed by atoms with Crippen molar-refractivity contribution in [1.29, 1.82) is 0 Å². The van der Waals surface area contributed by atoms with E-state index in [0.29, 0.717) is 5.02 Å². The maximum Gasteiger partial charge on any atom is 0.151 e. The highest BCUT2D eigenvalue weighted by Gasteiger charge is 2.11. The van der Waals surface area contributed by atoms with Crippen LogP contribution in [0.15, 0.2) is 36.5 Å². The summed E-state index contributed by atoms with van der Waals surface area (Å²) in [6.07, 6.45) is 1.81. The van der Waals surface area contributed by atoms with Gasteiger partial charge in [0.2, 0.25) is 0 Å². The second kappa shape index (κ2) is 4.59. The average Bonchev–Trinajstić information content (AvgIpc) is 2.80. The van der Waals surface area contributed by atoms with Crippen molar-refractivity contribution >= 4 is 36.4 Å². The van der Waals surface area contributed by atoms with Crippen LogP contribution in [-0.2, 0) is 0 Å². The zero-order chi connectivity index (χ0) is 13.4. The van der Waals surface area contributed by atoms with Gasteiger partial charge in [-0.15, -0.1) is 0 Å². The SMILES string of the molecule is Bc1cnn2c(NC)cc(-c3ccccc3Cl)nc12. The van der Waals surface area contributed by atoms with E-state index in [9.17, 15) is 0 Å². The molecule has 2 heterocycles. The second-order valence-corrected chi connectivity index (χ2v) is 4.73. The lowest BCUT2D eigenvalue weighted by atomic mass is 10.0. The van der Waals surface area contributed by atoms with Gasteiger partial charge in [-0.1, -0.05) is 29.8 Å². The highest BCUT2D eigenvalue weighted by molar-refractivity contribution is 6.36. The highest BCUT2D eigenvalue weighted by atomic mass is 35.5. The molecule has 19 heavy (non-hydrogen) atoms. The van der Waals surface area contributed by atoms with Crippen molar-refractivity contribution in [3.63, 3.8) is 0 Å². The van der Waals surface area contributed by atoms with E-state index in [4.69, 9.17) is 11.6 Å². The lowest BCUT2D eigenvalue weighted by Crippen LogP contribution is -2.07. The van der Waals surface area contributed by atoms with Crippen molar-refractivity contribution < 1.29 is 0 Å². The standard InChI is InChI=1S/C13H12BClN4/c1-16-12-6-11(8-4-2-3-5-10(8)15)18-13-9(14)7-17-19(12)13/h2-7,16H,14H2,1H3. The Bertz CT molecular complexity index is 753. The van der Waals surface area contributed by atoms with Gasteiger partial charge in [0, 0.05) is 29.9 Å². The van der Waals surface area contributed by atoms with Gasteiger partial charge in [0.05, 0.1) is 5.69 Å².